The van der Waals surface area contributed by atoms with Crippen molar-refractivity contribution in [3.05, 3.63) is 35.4 Å². The van der Waals surface area contributed by atoms with Crippen LogP contribution in [0.25, 0.3) is 0 Å². The maximum atomic E-state index is 12.2. The van der Waals surface area contributed by atoms with Gasteiger partial charge in [-0.15, -0.1) is 6.42 Å². The standard InChI is InChI=1S/C12H13FO3S/c1-2-10-3-5-11(6-4-10)9-12(7-8-13)17(14,15)16/h1,3-6,12H,7-9H2,(H,14,15,16)/p-1. The van der Waals surface area contributed by atoms with Gasteiger partial charge < -0.3 is 4.55 Å². The van der Waals surface area contributed by atoms with E-state index in [4.69, 9.17) is 6.42 Å². The average Bonchev–Trinajstić information content (AvgIpc) is 2.28. The van der Waals surface area contributed by atoms with Gasteiger partial charge in [-0.2, -0.15) is 0 Å². The molecule has 0 aliphatic heterocycles. The minimum absolute atomic E-state index is 0.0145. The lowest BCUT2D eigenvalue weighted by Crippen LogP contribution is -2.24. The van der Waals surface area contributed by atoms with E-state index in [0.29, 0.717) is 11.1 Å². The first-order valence-electron chi connectivity index (χ1n) is 5.03. The van der Waals surface area contributed by atoms with Gasteiger partial charge in [-0.3, -0.25) is 4.39 Å². The van der Waals surface area contributed by atoms with Crippen molar-refractivity contribution in [2.45, 2.75) is 18.1 Å². The third-order valence-electron chi connectivity index (χ3n) is 2.42. The molecule has 1 aromatic carbocycles. The van der Waals surface area contributed by atoms with Crippen LogP contribution < -0.4 is 0 Å². The van der Waals surface area contributed by atoms with Crippen LogP contribution in [0.4, 0.5) is 4.39 Å². The van der Waals surface area contributed by atoms with Gasteiger partial charge in [-0.05, 0) is 30.5 Å². The van der Waals surface area contributed by atoms with Gasteiger partial charge in [-0.25, -0.2) is 8.42 Å². The van der Waals surface area contributed by atoms with E-state index in [0.717, 1.165) is 0 Å². The zero-order valence-corrected chi connectivity index (χ0v) is 9.91. The third-order valence-corrected chi connectivity index (χ3v) is 3.64. The normalized spacial score (nSPS) is 13.0. The van der Waals surface area contributed by atoms with Crippen molar-refractivity contribution in [2.75, 3.05) is 6.67 Å². The molecular formula is C12H12FO3S-. The van der Waals surface area contributed by atoms with Crippen LogP contribution in [0.3, 0.4) is 0 Å². The molecule has 0 fully saturated rings. The minimum atomic E-state index is -4.47. The summed E-state index contributed by atoms with van der Waals surface area (Å²) in [6, 6.07) is 6.59. The van der Waals surface area contributed by atoms with Gasteiger partial charge in [0, 0.05) is 5.56 Å². The van der Waals surface area contributed by atoms with Crippen molar-refractivity contribution in [1.82, 2.24) is 0 Å². The molecule has 5 heteroatoms. The first-order chi connectivity index (χ1) is 7.97. The van der Waals surface area contributed by atoms with Crippen molar-refractivity contribution < 1.29 is 17.4 Å². The highest BCUT2D eigenvalue weighted by molar-refractivity contribution is 7.86. The molecule has 0 heterocycles. The smallest absolute Gasteiger partial charge is 0.0979 e. The van der Waals surface area contributed by atoms with E-state index < -0.39 is 22.0 Å². The van der Waals surface area contributed by atoms with E-state index in [1.807, 2.05) is 0 Å². The molecule has 0 radical (unpaired) electrons. The number of hydrogen-bond acceptors (Lipinski definition) is 3. The second kappa shape index (κ2) is 5.80. The van der Waals surface area contributed by atoms with E-state index in [1.165, 1.54) is 0 Å². The fourth-order valence-electron chi connectivity index (χ4n) is 1.47. The largest absolute Gasteiger partial charge is 0.748 e. The van der Waals surface area contributed by atoms with Gasteiger partial charge in [0.1, 0.15) is 0 Å². The zero-order valence-electron chi connectivity index (χ0n) is 9.10. The topological polar surface area (TPSA) is 57.2 Å². The molecule has 17 heavy (non-hydrogen) atoms. The summed E-state index contributed by atoms with van der Waals surface area (Å²) in [5.74, 6) is 2.42. The monoisotopic (exact) mass is 255 g/mol. The molecule has 0 amide bonds. The maximum Gasteiger partial charge on any atom is 0.0979 e. The second-order valence-corrected chi connectivity index (χ2v) is 5.29. The summed E-state index contributed by atoms with van der Waals surface area (Å²) < 4.78 is 44.8. The quantitative estimate of drug-likeness (QED) is 0.591. The molecule has 1 rings (SSSR count). The van der Waals surface area contributed by atoms with Gasteiger partial charge in [0.05, 0.1) is 22.0 Å². The van der Waals surface area contributed by atoms with E-state index >= 15 is 0 Å². The van der Waals surface area contributed by atoms with Crippen molar-refractivity contribution in [1.29, 1.82) is 0 Å². The molecule has 1 unspecified atom stereocenters. The summed E-state index contributed by atoms with van der Waals surface area (Å²) in [5, 5.41) is -1.22. The number of benzene rings is 1. The van der Waals surface area contributed by atoms with E-state index in [-0.39, 0.29) is 12.8 Å². The highest BCUT2D eigenvalue weighted by Gasteiger charge is 2.16. The summed E-state index contributed by atoms with van der Waals surface area (Å²) in [6.45, 7) is -0.825. The fourth-order valence-corrected chi connectivity index (χ4v) is 2.24. The van der Waals surface area contributed by atoms with Crippen molar-refractivity contribution in [2.24, 2.45) is 0 Å². The Bertz CT molecular complexity index is 500. The summed E-state index contributed by atoms with van der Waals surface area (Å²) in [4.78, 5) is 0. The zero-order chi connectivity index (χ0) is 12.9. The number of rotatable bonds is 5. The Morgan fingerprint density at radius 2 is 1.94 bits per heavy atom. The van der Waals surface area contributed by atoms with Crippen LogP contribution in [0.5, 0.6) is 0 Å². The molecule has 3 nitrogen and oxygen atoms in total. The summed E-state index contributed by atoms with van der Waals surface area (Å²) in [7, 11) is -4.47. The van der Waals surface area contributed by atoms with Crippen LogP contribution in [0, 0.1) is 12.3 Å². The number of halogens is 1. The molecule has 0 spiro atoms. The third kappa shape index (κ3) is 4.17. The van der Waals surface area contributed by atoms with Crippen LogP contribution in [0.15, 0.2) is 24.3 Å². The van der Waals surface area contributed by atoms with Gasteiger partial charge in [0.15, 0.2) is 0 Å². The van der Waals surface area contributed by atoms with Crippen molar-refractivity contribution in [3.8, 4) is 12.3 Å². The van der Waals surface area contributed by atoms with Gasteiger partial charge in [0.2, 0.25) is 0 Å². The number of hydrogen-bond donors (Lipinski definition) is 0. The predicted octanol–water partition coefficient (Wildman–Crippen LogP) is 1.48. The lowest BCUT2D eigenvalue weighted by Gasteiger charge is -2.19. The first kappa shape index (κ1) is 13.7. The molecule has 92 valence electrons. The summed E-state index contributed by atoms with van der Waals surface area (Å²) >= 11 is 0. The van der Waals surface area contributed by atoms with Crippen molar-refractivity contribution in [3.63, 3.8) is 0 Å². The Morgan fingerprint density at radius 3 is 2.35 bits per heavy atom. The number of terminal acetylenes is 1. The Hall–Kier alpha value is -1.38. The fraction of sp³-hybridized carbons (Fsp3) is 0.333. The lowest BCUT2D eigenvalue weighted by atomic mass is 10.1. The van der Waals surface area contributed by atoms with Crippen LogP contribution in [0.1, 0.15) is 17.5 Å². The molecular weight excluding hydrogens is 243 g/mol. The second-order valence-electron chi connectivity index (χ2n) is 3.64. The summed E-state index contributed by atoms with van der Waals surface area (Å²) in [6.07, 6.45) is 4.91. The molecule has 0 aromatic heterocycles. The van der Waals surface area contributed by atoms with E-state index in [1.54, 1.807) is 24.3 Å². The Morgan fingerprint density at radius 1 is 1.35 bits per heavy atom. The number of alkyl halides is 1. The first-order valence-corrected chi connectivity index (χ1v) is 6.50. The van der Waals surface area contributed by atoms with Gasteiger partial charge in [0.25, 0.3) is 0 Å². The predicted molar refractivity (Wildman–Crippen MR) is 62.2 cm³/mol. The van der Waals surface area contributed by atoms with Crippen molar-refractivity contribution >= 4 is 10.1 Å². The Kier molecular flexibility index (Phi) is 4.67. The lowest BCUT2D eigenvalue weighted by molar-refractivity contribution is 0.415. The van der Waals surface area contributed by atoms with Crippen LogP contribution in [-0.2, 0) is 16.5 Å². The molecule has 1 atom stereocenters. The van der Waals surface area contributed by atoms with Crippen LogP contribution in [0.2, 0.25) is 0 Å². The van der Waals surface area contributed by atoms with Crippen LogP contribution >= 0.6 is 0 Å². The van der Waals surface area contributed by atoms with E-state index in [9.17, 15) is 17.4 Å². The highest BCUT2D eigenvalue weighted by atomic mass is 32.2. The highest BCUT2D eigenvalue weighted by Crippen LogP contribution is 2.13. The average molecular weight is 255 g/mol. The molecule has 0 N–H and O–H groups in total. The van der Waals surface area contributed by atoms with Crippen LogP contribution in [-0.4, -0.2) is 24.9 Å². The SMILES string of the molecule is C#Cc1ccc(CC(CCF)S(=O)(=O)[O-])cc1. The maximum absolute atomic E-state index is 12.2. The van der Waals surface area contributed by atoms with E-state index in [2.05, 4.69) is 5.92 Å². The molecule has 0 saturated carbocycles. The summed E-state index contributed by atoms with van der Waals surface area (Å²) in [5.41, 5.74) is 1.32. The molecule has 0 bridgehead atoms. The molecule has 0 aliphatic carbocycles. The van der Waals surface area contributed by atoms with Gasteiger partial charge in [-0.1, -0.05) is 18.1 Å². The van der Waals surface area contributed by atoms with Gasteiger partial charge >= 0.3 is 0 Å². The molecule has 0 saturated heterocycles. The minimum Gasteiger partial charge on any atom is -0.748 e. The Labute approximate surface area is 100 Å². The Balaban J connectivity index is 2.83. The molecule has 1 aromatic rings. The molecule has 0 aliphatic rings.